The molecule has 1 heterocycles. The predicted octanol–water partition coefficient (Wildman–Crippen LogP) is 1.21. The van der Waals surface area contributed by atoms with Crippen LogP contribution in [0.25, 0.3) is 0 Å². The molecule has 0 N–H and O–H groups in total. The van der Waals surface area contributed by atoms with Gasteiger partial charge >= 0.3 is 18.9 Å². The van der Waals surface area contributed by atoms with E-state index >= 15 is 0 Å². The van der Waals surface area contributed by atoms with Crippen molar-refractivity contribution >= 4 is 30.2 Å². The summed E-state index contributed by atoms with van der Waals surface area (Å²) < 4.78 is 0. The van der Waals surface area contributed by atoms with Crippen LogP contribution in [0.4, 0.5) is 0 Å². The van der Waals surface area contributed by atoms with E-state index in [1.807, 2.05) is 12.1 Å². The third-order valence-electron chi connectivity index (χ3n) is 0.606. The van der Waals surface area contributed by atoms with Crippen molar-refractivity contribution in [3.63, 3.8) is 0 Å². The van der Waals surface area contributed by atoms with Gasteiger partial charge in [-0.3, -0.25) is 0 Å². The van der Waals surface area contributed by atoms with Gasteiger partial charge in [-0.25, -0.2) is 0 Å². The van der Waals surface area contributed by atoms with Crippen LogP contribution in [-0.4, -0.2) is 18.9 Å². The molecule has 7 heavy (non-hydrogen) atoms. The number of hydrogen-bond acceptors (Lipinski definition) is 1. The monoisotopic (exact) mass is 105 g/mol. The molecule has 0 unspecified atom stereocenters. The van der Waals surface area contributed by atoms with Crippen molar-refractivity contribution in [3.8, 4) is 0 Å². The maximum atomic E-state index is 2.97. The Morgan fingerprint density at radius 3 is 2.57 bits per heavy atom. The minimum absolute atomic E-state index is 0. The molecule has 33 valence electrons. The molecular weight excluding hydrogens is 99.1 g/mol. The molecule has 1 rings (SSSR count). The van der Waals surface area contributed by atoms with Gasteiger partial charge in [0.2, 0.25) is 0 Å². The minimum atomic E-state index is 0. The summed E-state index contributed by atoms with van der Waals surface area (Å²) in [6.45, 7) is 2.07. The zero-order valence-electron chi connectivity index (χ0n) is 3.56. The summed E-state index contributed by atoms with van der Waals surface area (Å²) >= 11 is 1.65. The molecule has 0 saturated carbocycles. The molecule has 0 spiro atoms. The van der Waals surface area contributed by atoms with Gasteiger partial charge in [0, 0.05) is 10.3 Å². The normalized spacial score (nSPS) is 7.57. The van der Waals surface area contributed by atoms with E-state index in [0.717, 1.165) is 0 Å². The summed E-state index contributed by atoms with van der Waals surface area (Å²) in [6.07, 6.45) is 0. The van der Waals surface area contributed by atoms with Crippen molar-refractivity contribution in [3.05, 3.63) is 22.4 Å². The molecule has 0 aliphatic rings. The summed E-state index contributed by atoms with van der Waals surface area (Å²) in [5.41, 5.74) is 0. The Hall–Kier alpha value is 0.297. The Bertz CT molecular complexity index is 112. The molecule has 2 heteroatoms. The quantitative estimate of drug-likeness (QED) is 0.435. The van der Waals surface area contributed by atoms with Gasteiger partial charge in [0.1, 0.15) is 0 Å². The predicted molar refractivity (Wildman–Crippen MR) is 35.0 cm³/mol. The Kier molecular flexibility index (Phi) is 3.46. The fourth-order valence-corrected chi connectivity index (χ4v) is 0.770. The first-order valence-electron chi connectivity index (χ1n) is 1.82. The van der Waals surface area contributed by atoms with Crippen LogP contribution in [0.2, 0.25) is 0 Å². The molecule has 0 fully saturated rings. The van der Waals surface area contributed by atoms with E-state index in [1.54, 1.807) is 11.3 Å². The van der Waals surface area contributed by atoms with E-state index in [1.165, 1.54) is 4.88 Å². The van der Waals surface area contributed by atoms with Gasteiger partial charge in [0.15, 0.2) is 0 Å². The van der Waals surface area contributed by atoms with Crippen LogP contribution in [0, 0.1) is 12.3 Å². The number of rotatable bonds is 0. The van der Waals surface area contributed by atoms with Gasteiger partial charge in [-0.05, 0) is 19.1 Å². The third kappa shape index (κ3) is 2.18. The molecule has 1 aromatic heterocycles. The molecule has 0 aliphatic carbocycles. The first kappa shape index (κ1) is 7.30. The van der Waals surface area contributed by atoms with Crippen LogP contribution in [0.1, 0.15) is 4.88 Å². The Balaban J connectivity index is 0.000000360. The Labute approximate surface area is 59.7 Å². The van der Waals surface area contributed by atoms with Gasteiger partial charge < -0.3 is 0 Å². The van der Waals surface area contributed by atoms with Crippen molar-refractivity contribution in [1.82, 2.24) is 0 Å². The molecule has 1 aromatic rings. The van der Waals surface area contributed by atoms with E-state index in [9.17, 15) is 0 Å². The van der Waals surface area contributed by atoms with Crippen LogP contribution >= 0.6 is 11.3 Å². The van der Waals surface area contributed by atoms with Crippen molar-refractivity contribution in [2.45, 2.75) is 6.92 Å². The van der Waals surface area contributed by atoms with Gasteiger partial charge in [-0.15, -0.1) is 11.3 Å². The number of thiophene rings is 1. The Morgan fingerprint density at radius 2 is 2.43 bits per heavy atom. The first-order chi connectivity index (χ1) is 2.89. The summed E-state index contributed by atoms with van der Waals surface area (Å²) in [5.74, 6) is 0. The molecular formula is C5H6LiS. The first-order valence-corrected chi connectivity index (χ1v) is 2.64. The number of aryl methyl sites for hydroxylation is 1. The molecule has 0 aromatic carbocycles. The fourth-order valence-electron chi connectivity index (χ4n) is 0.312. The van der Waals surface area contributed by atoms with Crippen molar-refractivity contribution in [2.75, 3.05) is 0 Å². The van der Waals surface area contributed by atoms with E-state index in [2.05, 4.69) is 12.3 Å². The number of hydrogen-bond donors (Lipinski definition) is 0. The summed E-state index contributed by atoms with van der Waals surface area (Å²) in [6, 6.07) is 3.98. The summed E-state index contributed by atoms with van der Waals surface area (Å²) in [5, 5.41) is 2.97. The second-order valence-electron chi connectivity index (χ2n) is 1.16. The van der Waals surface area contributed by atoms with E-state index in [4.69, 9.17) is 0 Å². The summed E-state index contributed by atoms with van der Waals surface area (Å²) in [4.78, 5) is 1.33. The van der Waals surface area contributed by atoms with Crippen molar-refractivity contribution < 1.29 is 0 Å². The van der Waals surface area contributed by atoms with Crippen LogP contribution in [0.3, 0.4) is 0 Å². The molecule has 0 aliphatic heterocycles. The van der Waals surface area contributed by atoms with Crippen molar-refractivity contribution in [1.29, 1.82) is 0 Å². The van der Waals surface area contributed by atoms with Crippen molar-refractivity contribution in [2.24, 2.45) is 0 Å². The van der Waals surface area contributed by atoms with Gasteiger partial charge in [0.25, 0.3) is 0 Å². The molecule has 0 bridgehead atoms. The maximum absolute atomic E-state index is 2.97. The SMILES string of the molecule is Cc1cc[c]s1.[LiH]. The second-order valence-corrected chi connectivity index (χ2v) is 2.25. The molecule has 0 nitrogen and oxygen atoms in total. The molecule has 0 saturated heterocycles. The standard InChI is InChI=1S/C5H5S.Li.H/c1-5-3-2-4-6-5;;/h2-3H,1H3;;. The molecule has 1 radical (unpaired) electrons. The molecule has 0 amide bonds. The van der Waals surface area contributed by atoms with E-state index in [-0.39, 0.29) is 18.9 Å². The molecule has 0 atom stereocenters. The van der Waals surface area contributed by atoms with Crippen LogP contribution < -0.4 is 0 Å². The van der Waals surface area contributed by atoms with Crippen LogP contribution in [-0.2, 0) is 0 Å². The zero-order valence-corrected chi connectivity index (χ0v) is 4.38. The fraction of sp³-hybridized carbons (Fsp3) is 0.200. The zero-order chi connectivity index (χ0) is 4.41. The summed E-state index contributed by atoms with van der Waals surface area (Å²) in [7, 11) is 0. The Morgan fingerprint density at radius 1 is 1.71 bits per heavy atom. The van der Waals surface area contributed by atoms with Gasteiger partial charge in [-0.2, -0.15) is 0 Å². The van der Waals surface area contributed by atoms with E-state index in [0.29, 0.717) is 0 Å². The topological polar surface area (TPSA) is 0 Å². The third-order valence-corrected chi connectivity index (χ3v) is 1.32. The van der Waals surface area contributed by atoms with E-state index < -0.39 is 0 Å². The average molecular weight is 105 g/mol. The second kappa shape index (κ2) is 3.32. The average Bonchev–Trinajstić information content (AvgIpc) is 1.86. The van der Waals surface area contributed by atoms with Crippen LogP contribution in [0.5, 0.6) is 0 Å². The van der Waals surface area contributed by atoms with Gasteiger partial charge in [0.05, 0.1) is 0 Å². The van der Waals surface area contributed by atoms with Crippen LogP contribution in [0.15, 0.2) is 12.1 Å². The van der Waals surface area contributed by atoms with Gasteiger partial charge in [-0.1, -0.05) is 0 Å².